The van der Waals surface area contributed by atoms with Crippen LogP contribution in [-0.4, -0.2) is 39.8 Å². The van der Waals surface area contributed by atoms with Gasteiger partial charge in [-0.2, -0.15) is 0 Å². The molecule has 0 saturated carbocycles. The second-order valence-corrected chi connectivity index (χ2v) is 6.84. The fraction of sp³-hybridized carbons (Fsp3) is 0.200. The molecule has 3 heterocycles. The van der Waals surface area contributed by atoms with Gasteiger partial charge in [0.2, 0.25) is 5.76 Å². The molecule has 4 aromatic rings. The molecule has 0 unspecified atom stereocenters. The van der Waals surface area contributed by atoms with Crippen LogP contribution in [0.25, 0.3) is 16.7 Å². The Morgan fingerprint density at radius 2 is 2.03 bits per heavy atom. The van der Waals surface area contributed by atoms with E-state index in [9.17, 15) is 9.18 Å². The van der Waals surface area contributed by atoms with E-state index < -0.39 is 11.7 Å². The number of fused-ring (bicyclic) bond motifs is 1. The van der Waals surface area contributed by atoms with E-state index in [2.05, 4.69) is 20.4 Å². The number of aromatic nitrogens is 4. The number of anilines is 2. The first-order valence-electron chi connectivity index (χ1n) is 8.90. The van der Waals surface area contributed by atoms with Gasteiger partial charge in [0.15, 0.2) is 11.5 Å². The highest BCUT2D eigenvalue weighted by molar-refractivity contribution is 6.03. The van der Waals surface area contributed by atoms with Crippen LogP contribution in [0.15, 0.2) is 41.1 Å². The van der Waals surface area contributed by atoms with Crippen molar-refractivity contribution in [2.24, 2.45) is 0 Å². The maximum Gasteiger partial charge on any atom is 0.293 e. The number of hydrogen-bond acceptors (Lipinski definition) is 6. The van der Waals surface area contributed by atoms with E-state index in [1.165, 1.54) is 22.9 Å². The Morgan fingerprint density at radius 3 is 2.72 bits per heavy atom. The number of nitrogens with one attached hydrogen (secondary N) is 1. The molecule has 3 aromatic heterocycles. The van der Waals surface area contributed by atoms with Crippen LogP contribution in [0.2, 0.25) is 0 Å². The maximum atomic E-state index is 14.5. The molecule has 1 aromatic carbocycles. The predicted molar refractivity (Wildman–Crippen MR) is 107 cm³/mol. The van der Waals surface area contributed by atoms with Crippen molar-refractivity contribution in [2.75, 3.05) is 24.3 Å². The second kappa shape index (κ2) is 7.01. The Morgan fingerprint density at radius 1 is 1.24 bits per heavy atom. The Hall–Kier alpha value is -3.75. The number of carbonyl (C=O) groups is 1. The van der Waals surface area contributed by atoms with Crippen molar-refractivity contribution in [3.63, 3.8) is 0 Å². The van der Waals surface area contributed by atoms with Crippen LogP contribution in [0, 0.1) is 19.7 Å². The molecule has 0 bridgehead atoms. The maximum absolute atomic E-state index is 14.5. The van der Waals surface area contributed by atoms with Crippen molar-refractivity contribution in [3.05, 3.63) is 59.8 Å². The van der Waals surface area contributed by atoms with Crippen LogP contribution in [0.1, 0.15) is 22.1 Å². The third-order valence-electron chi connectivity index (χ3n) is 4.42. The Labute approximate surface area is 166 Å². The van der Waals surface area contributed by atoms with Crippen LogP contribution in [0.3, 0.4) is 0 Å². The van der Waals surface area contributed by atoms with Crippen molar-refractivity contribution in [1.82, 2.24) is 19.7 Å². The first kappa shape index (κ1) is 18.6. The molecule has 0 aliphatic rings. The average molecular weight is 394 g/mol. The van der Waals surface area contributed by atoms with Gasteiger partial charge in [-0.1, -0.05) is 0 Å². The van der Waals surface area contributed by atoms with E-state index in [1.807, 2.05) is 25.1 Å². The van der Waals surface area contributed by atoms with Crippen LogP contribution >= 0.6 is 0 Å². The van der Waals surface area contributed by atoms with Gasteiger partial charge in [-0.3, -0.25) is 4.79 Å². The van der Waals surface area contributed by atoms with E-state index in [0.29, 0.717) is 22.9 Å². The summed E-state index contributed by atoms with van der Waals surface area (Å²) in [5.74, 6) is -0.405. The first-order chi connectivity index (χ1) is 13.8. The van der Waals surface area contributed by atoms with Crippen molar-refractivity contribution in [2.45, 2.75) is 13.8 Å². The summed E-state index contributed by atoms with van der Waals surface area (Å²) in [4.78, 5) is 22.8. The second-order valence-electron chi connectivity index (χ2n) is 6.84. The Balaban J connectivity index is 1.67. The number of halogens is 1. The molecule has 9 heteroatoms. The largest absolute Gasteiger partial charge is 0.436 e. The minimum absolute atomic E-state index is 0.124. The lowest BCUT2D eigenvalue weighted by atomic mass is 10.2. The number of nitrogens with zero attached hydrogens (tertiary/aromatic N) is 5. The van der Waals surface area contributed by atoms with Crippen LogP contribution in [0.5, 0.6) is 0 Å². The molecule has 148 valence electrons. The molecular formula is C20H19FN6O2. The molecule has 1 N–H and O–H groups in total. The van der Waals surface area contributed by atoms with E-state index in [1.54, 1.807) is 26.2 Å². The number of rotatable bonds is 4. The summed E-state index contributed by atoms with van der Waals surface area (Å²) in [7, 11) is 3.83. The Bertz CT molecular complexity index is 1230. The zero-order chi connectivity index (χ0) is 20.7. The van der Waals surface area contributed by atoms with Gasteiger partial charge < -0.3 is 14.6 Å². The van der Waals surface area contributed by atoms with Gasteiger partial charge in [0.05, 0.1) is 17.6 Å². The van der Waals surface area contributed by atoms with Crippen molar-refractivity contribution < 1.29 is 13.6 Å². The summed E-state index contributed by atoms with van der Waals surface area (Å²) >= 11 is 0. The number of amides is 1. The van der Waals surface area contributed by atoms with E-state index in [-0.39, 0.29) is 11.4 Å². The number of carbonyl (C=O) groups excluding carboxylic acids is 1. The molecule has 0 saturated heterocycles. The monoisotopic (exact) mass is 394 g/mol. The summed E-state index contributed by atoms with van der Waals surface area (Å²) in [5, 5.41) is 7.83. The number of benzene rings is 1. The number of pyridine rings is 1. The Kier molecular flexibility index (Phi) is 4.50. The highest BCUT2D eigenvalue weighted by atomic mass is 19.1. The third kappa shape index (κ3) is 3.54. The number of hydrogen-bond donors (Lipinski definition) is 1. The lowest BCUT2D eigenvalue weighted by Crippen LogP contribution is -2.13. The van der Waals surface area contributed by atoms with Gasteiger partial charge in [-0.25, -0.2) is 19.0 Å². The van der Waals surface area contributed by atoms with Gasteiger partial charge in [0.1, 0.15) is 11.5 Å². The highest BCUT2D eigenvalue weighted by Gasteiger charge is 2.17. The first-order valence-corrected chi connectivity index (χ1v) is 8.90. The van der Waals surface area contributed by atoms with Gasteiger partial charge in [0, 0.05) is 38.3 Å². The summed E-state index contributed by atoms with van der Waals surface area (Å²) < 4.78 is 21.2. The third-order valence-corrected chi connectivity index (χ3v) is 4.42. The van der Waals surface area contributed by atoms with Crippen LogP contribution < -0.4 is 10.2 Å². The molecule has 29 heavy (non-hydrogen) atoms. The smallest absolute Gasteiger partial charge is 0.293 e. The lowest BCUT2D eigenvalue weighted by Gasteiger charge is -2.10. The van der Waals surface area contributed by atoms with Crippen molar-refractivity contribution in [1.29, 1.82) is 0 Å². The van der Waals surface area contributed by atoms with Gasteiger partial charge in [-0.15, -0.1) is 5.10 Å². The minimum Gasteiger partial charge on any atom is -0.436 e. The lowest BCUT2D eigenvalue weighted by molar-refractivity contribution is 0.0994. The molecule has 0 aliphatic heterocycles. The van der Waals surface area contributed by atoms with E-state index in [4.69, 9.17) is 4.42 Å². The van der Waals surface area contributed by atoms with Crippen LogP contribution in [-0.2, 0) is 0 Å². The quantitative estimate of drug-likeness (QED) is 0.570. The summed E-state index contributed by atoms with van der Waals surface area (Å²) in [6.45, 7) is 3.35. The molecule has 4 rings (SSSR count). The molecule has 0 fully saturated rings. The molecule has 0 atom stereocenters. The minimum atomic E-state index is -0.477. The zero-order valence-electron chi connectivity index (χ0n) is 16.4. The van der Waals surface area contributed by atoms with E-state index in [0.717, 1.165) is 11.1 Å². The molecular weight excluding hydrogens is 375 g/mol. The standard InChI is InChI=1S/C20H19FN6O2/c1-11-18(29-12(2)23-11)20(28)24-14-5-6-16(21)17(8-14)27-10-13-7-15(26(3)4)9-22-19(13)25-27/h5-10H,1-4H3,(H,24,28). The SMILES string of the molecule is Cc1nc(C)c(C(=O)Nc2ccc(F)c(-n3cc4cc(N(C)C)cnc4n3)c2)o1. The molecule has 0 radical (unpaired) electrons. The normalized spacial score (nSPS) is 11.1. The average Bonchev–Trinajstić information content (AvgIpc) is 3.24. The number of aryl methyl sites for hydroxylation is 2. The van der Waals surface area contributed by atoms with Crippen LogP contribution in [0.4, 0.5) is 15.8 Å². The topological polar surface area (TPSA) is 89.1 Å². The zero-order valence-corrected chi connectivity index (χ0v) is 16.4. The number of oxazole rings is 1. The molecule has 0 spiro atoms. The molecule has 0 aliphatic carbocycles. The van der Waals surface area contributed by atoms with Crippen molar-refractivity contribution in [3.8, 4) is 5.69 Å². The fourth-order valence-electron chi connectivity index (χ4n) is 2.97. The summed E-state index contributed by atoms with van der Waals surface area (Å²) in [6, 6.07) is 6.17. The highest BCUT2D eigenvalue weighted by Crippen LogP contribution is 2.23. The van der Waals surface area contributed by atoms with Gasteiger partial charge in [-0.05, 0) is 31.2 Å². The predicted octanol–water partition coefficient (Wildman–Crippen LogP) is 3.48. The summed E-state index contributed by atoms with van der Waals surface area (Å²) in [5.41, 5.74) is 2.50. The molecule has 8 nitrogen and oxygen atoms in total. The fourth-order valence-corrected chi connectivity index (χ4v) is 2.97. The molecule has 1 amide bonds. The van der Waals surface area contributed by atoms with E-state index >= 15 is 0 Å². The van der Waals surface area contributed by atoms with Gasteiger partial charge in [0.25, 0.3) is 5.91 Å². The van der Waals surface area contributed by atoms with Gasteiger partial charge >= 0.3 is 0 Å². The summed E-state index contributed by atoms with van der Waals surface area (Å²) in [6.07, 6.45) is 3.40. The van der Waals surface area contributed by atoms with Crippen molar-refractivity contribution >= 4 is 28.3 Å².